The zero-order valence-corrected chi connectivity index (χ0v) is 24.6. The lowest BCUT2D eigenvalue weighted by Gasteiger charge is -2.12. The van der Waals surface area contributed by atoms with Crippen LogP contribution in [0.1, 0.15) is 31.8 Å². The Bertz CT molecular complexity index is 1200. The molecule has 3 aromatic rings. The molecule has 0 saturated heterocycles. The van der Waals surface area contributed by atoms with Crippen molar-refractivity contribution in [2.24, 2.45) is 0 Å². The maximum atomic E-state index is 12.8. The van der Waals surface area contributed by atoms with E-state index in [1.165, 1.54) is 18.2 Å². The summed E-state index contributed by atoms with van der Waals surface area (Å²) >= 11 is 13.0. The van der Waals surface area contributed by atoms with E-state index in [0.717, 1.165) is 0 Å². The van der Waals surface area contributed by atoms with Crippen LogP contribution in [0.4, 0.5) is 0 Å². The highest BCUT2D eigenvalue weighted by atomic mass is 79.9. The van der Waals surface area contributed by atoms with E-state index >= 15 is 0 Å². The summed E-state index contributed by atoms with van der Waals surface area (Å²) < 4.78 is 18.1. The third kappa shape index (κ3) is 7.45. The fourth-order valence-corrected chi connectivity index (χ4v) is 5.62. The van der Waals surface area contributed by atoms with Crippen LogP contribution in [0, 0.1) is 0 Å². The number of ether oxygens (including phenoxy) is 3. The number of benzene rings is 3. The third-order valence-corrected chi connectivity index (χ3v) is 6.79. The van der Waals surface area contributed by atoms with Crippen LogP contribution in [-0.2, 0) is 27.8 Å². The predicted octanol–water partition coefficient (Wildman–Crippen LogP) is 6.67. The molecule has 0 atom stereocenters. The molecule has 0 spiro atoms. The van der Waals surface area contributed by atoms with Crippen molar-refractivity contribution in [2.45, 2.75) is 13.2 Å². The Hall–Kier alpha value is -2.12. The van der Waals surface area contributed by atoms with Gasteiger partial charge >= 0.3 is 11.9 Å². The molecule has 0 fully saturated rings. The van der Waals surface area contributed by atoms with E-state index in [0.29, 0.717) is 29.0 Å². The van der Waals surface area contributed by atoms with Gasteiger partial charge in [-0.05, 0) is 74.3 Å². The number of hydrogen-bond acceptors (Lipinski definition) is 7. The molecule has 0 aromatic heterocycles. The zero-order chi connectivity index (χ0) is 26.4. The maximum absolute atomic E-state index is 12.8. The monoisotopic (exact) mass is 749 g/mol. The van der Waals surface area contributed by atoms with Crippen molar-refractivity contribution in [3.8, 4) is 17.2 Å². The van der Waals surface area contributed by atoms with E-state index < -0.39 is 18.5 Å². The SMILES string of the molecule is [O]CCOc1cc(C(=O)OCc2cc(Br)cc(Br)c2O)cc(C(=O)OCc2cc(Br)cc(Br)c2O)c1. The van der Waals surface area contributed by atoms with Gasteiger partial charge in [0.2, 0.25) is 0 Å². The molecule has 0 saturated carbocycles. The first-order chi connectivity index (χ1) is 17.1. The lowest BCUT2D eigenvalue weighted by atomic mass is 10.1. The Balaban J connectivity index is 1.80. The van der Waals surface area contributed by atoms with Gasteiger partial charge in [0, 0.05) is 20.1 Å². The van der Waals surface area contributed by atoms with Crippen molar-refractivity contribution in [3.63, 3.8) is 0 Å². The molecule has 0 bridgehead atoms. The minimum absolute atomic E-state index is 0.0213. The Labute approximate surface area is 239 Å². The normalized spacial score (nSPS) is 10.7. The van der Waals surface area contributed by atoms with Crippen molar-refractivity contribution in [2.75, 3.05) is 13.2 Å². The second-order valence-corrected chi connectivity index (χ2v) is 10.8. The molecule has 2 N–H and O–H groups in total. The molecule has 0 aliphatic rings. The molecule has 0 aliphatic heterocycles. The first-order valence-corrected chi connectivity index (χ1v) is 13.3. The van der Waals surface area contributed by atoms with Crippen LogP contribution in [0.3, 0.4) is 0 Å². The topological polar surface area (TPSA) is 122 Å². The van der Waals surface area contributed by atoms with Crippen LogP contribution >= 0.6 is 63.7 Å². The first-order valence-electron chi connectivity index (χ1n) is 10.1. The largest absolute Gasteiger partial charge is 0.506 e. The molecule has 3 rings (SSSR count). The lowest BCUT2D eigenvalue weighted by Crippen LogP contribution is -2.11. The van der Waals surface area contributed by atoms with Crippen molar-refractivity contribution in [3.05, 3.63) is 82.6 Å². The Morgan fingerprint density at radius 2 is 1.14 bits per heavy atom. The summed E-state index contributed by atoms with van der Waals surface area (Å²) in [5.74, 6) is -1.63. The average Bonchev–Trinajstić information content (AvgIpc) is 2.84. The molecule has 0 unspecified atom stereocenters. The minimum atomic E-state index is -0.791. The minimum Gasteiger partial charge on any atom is -0.506 e. The molecule has 12 heteroatoms. The van der Waals surface area contributed by atoms with Crippen molar-refractivity contribution >= 4 is 75.7 Å². The smallest absolute Gasteiger partial charge is 0.338 e. The Morgan fingerprint density at radius 3 is 1.56 bits per heavy atom. The molecule has 0 heterocycles. The number of esters is 2. The van der Waals surface area contributed by atoms with E-state index in [1.807, 2.05) is 0 Å². The standard InChI is InChI=1S/C24H17Br4O8/c25-16-4-14(21(30)19(27)8-16)10-35-23(32)12-3-13(7-18(6-12)34-2-1-29)24(33)36-11-15-5-17(26)9-20(28)22(15)31/h3-9,30-31H,1-2,10-11H2. The number of halogens is 4. The van der Waals surface area contributed by atoms with Crippen LogP contribution in [-0.4, -0.2) is 35.4 Å². The van der Waals surface area contributed by atoms with E-state index in [2.05, 4.69) is 63.7 Å². The van der Waals surface area contributed by atoms with Gasteiger partial charge in [0.25, 0.3) is 0 Å². The van der Waals surface area contributed by atoms with Gasteiger partial charge in [0.1, 0.15) is 43.7 Å². The van der Waals surface area contributed by atoms with Crippen LogP contribution in [0.25, 0.3) is 0 Å². The highest BCUT2D eigenvalue weighted by Gasteiger charge is 2.18. The Kier molecular flexibility index (Phi) is 10.2. The van der Waals surface area contributed by atoms with Gasteiger partial charge in [-0.25, -0.2) is 14.7 Å². The quantitative estimate of drug-likeness (QED) is 0.234. The maximum Gasteiger partial charge on any atom is 0.338 e. The number of hydrogen-bond donors (Lipinski definition) is 2. The summed E-state index contributed by atoms with van der Waals surface area (Å²) in [5, 5.41) is 31.2. The van der Waals surface area contributed by atoms with Gasteiger partial charge in [-0.3, -0.25) is 0 Å². The van der Waals surface area contributed by atoms with E-state index in [-0.39, 0.29) is 48.2 Å². The lowest BCUT2D eigenvalue weighted by molar-refractivity contribution is 0.0467. The van der Waals surface area contributed by atoms with E-state index in [1.54, 1.807) is 24.3 Å². The molecular weight excluding hydrogens is 736 g/mol. The number of carbonyl (C=O) groups excluding carboxylic acids is 2. The molecule has 36 heavy (non-hydrogen) atoms. The van der Waals surface area contributed by atoms with Crippen LogP contribution in [0.5, 0.6) is 17.2 Å². The fourth-order valence-electron chi connectivity index (χ4n) is 2.99. The number of rotatable bonds is 9. The van der Waals surface area contributed by atoms with Crippen LogP contribution < -0.4 is 4.74 Å². The van der Waals surface area contributed by atoms with Gasteiger partial charge in [-0.1, -0.05) is 31.9 Å². The molecule has 189 valence electrons. The van der Waals surface area contributed by atoms with Crippen molar-refractivity contribution < 1.29 is 39.1 Å². The van der Waals surface area contributed by atoms with Gasteiger partial charge in [-0.2, -0.15) is 0 Å². The zero-order valence-electron chi connectivity index (χ0n) is 18.2. The number of phenols is 2. The van der Waals surface area contributed by atoms with Gasteiger partial charge in [0.15, 0.2) is 0 Å². The number of phenolic OH excluding ortho intramolecular Hbond substituents is 2. The summed E-state index contributed by atoms with van der Waals surface area (Å²) in [4.78, 5) is 25.5. The average molecular weight is 753 g/mol. The summed E-state index contributed by atoms with van der Waals surface area (Å²) in [5.41, 5.74) is 0.657. The second kappa shape index (κ2) is 12.9. The number of aromatic hydroxyl groups is 2. The summed E-state index contributed by atoms with van der Waals surface area (Å²) in [6.45, 7) is -1.19. The molecule has 0 aliphatic carbocycles. The molecule has 8 nitrogen and oxygen atoms in total. The summed E-state index contributed by atoms with van der Waals surface area (Å²) in [6, 6.07) is 10.4. The first kappa shape index (κ1) is 28.5. The highest BCUT2D eigenvalue weighted by Crippen LogP contribution is 2.33. The molecule has 3 aromatic carbocycles. The van der Waals surface area contributed by atoms with E-state index in [4.69, 9.17) is 14.2 Å². The fraction of sp³-hybridized carbons (Fsp3) is 0.167. The second-order valence-electron chi connectivity index (χ2n) is 7.24. The van der Waals surface area contributed by atoms with Crippen LogP contribution in [0.2, 0.25) is 0 Å². The molecule has 1 radical (unpaired) electrons. The van der Waals surface area contributed by atoms with Gasteiger partial charge < -0.3 is 24.4 Å². The third-order valence-electron chi connectivity index (χ3n) is 4.66. The predicted molar refractivity (Wildman–Crippen MR) is 143 cm³/mol. The summed E-state index contributed by atoms with van der Waals surface area (Å²) in [7, 11) is 0. The van der Waals surface area contributed by atoms with Crippen molar-refractivity contribution in [1.82, 2.24) is 0 Å². The van der Waals surface area contributed by atoms with Gasteiger partial charge in [-0.15, -0.1) is 0 Å². The number of carbonyl (C=O) groups is 2. The Morgan fingerprint density at radius 1 is 0.694 bits per heavy atom. The molecule has 0 amide bonds. The summed E-state index contributed by atoms with van der Waals surface area (Å²) in [6.07, 6.45) is 0. The van der Waals surface area contributed by atoms with Gasteiger partial charge in [0.05, 0.1) is 20.1 Å². The highest BCUT2D eigenvalue weighted by molar-refractivity contribution is 9.11. The molecular formula is C24H17Br4O8. The van der Waals surface area contributed by atoms with E-state index in [9.17, 15) is 24.9 Å². The van der Waals surface area contributed by atoms with Crippen molar-refractivity contribution in [1.29, 1.82) is 0 Å². The van der Waals surface area contributed by atoms with Crippen LogP contribution in [0.15, 0.2) is 60.4 Å².